The fourth-order valence-electron chi connectivity index (χ4n) is 5.68. The van der Waals surface area contributed by atoms with Crippen molar-refractivity contribution < 1.29 is 13.2 Å². The molecule has 0 spiro atoms. The second-order valence-corrected chi connectivity index (χ2v) is 9.89. The van der Waals surface area contributed by atoms with Crippen LogP contribution < -0.4 is 11.2 Å². The molecule has 5 rings (SSSR count). The number of nitrogens with one attached hydrogen (secondary N) is 1. The third-order valence-electron chi connectivity index (χ3n) is 7.67. The third-order valence-corrected chi connectivity index (χ3v) is 7.67. The van der Waals surface area contributed by atoms with Gasteiger partial charge in [-0.15, -0.1) is 24.8 Å². The molecule has 1 saturated carbocycles. The molecule has 1 aliphatic heterocycles. The molecule has 1 saturated heterocycles. The number of rotatable bonds is 6. The summed E-state index contributed by atoms with van der Waals surface area (Å²) in [5.41, 5.74) is 2.17. The topological polar surface area (TPSA) is 75.9 Å². The van der Waals surface area contributed by atoms with Crippen molar-refractivity contribution in [3.63, 3.8) is 0 Å². The summed E-state index contributed by atoms with van der Waals surface area (Å²) in [5.74, 6) is 0.457. The maximum Gasteiger partial charge on any atom is 0.416 e. The van der Waals surface area contributed by atoms with Gasteiger partial charge in [0.25, 0.3) is 5.56 Å². The van der Waals surface area contributed by atoms with Crippen molar-refractivity contribution in [1.82, 2.24) is 24.2 Å². The highest BCUT2D eigenvalue weighted by molar-refractivity contribution is 5.85. The predicted octanol–water partition coefficient (Wildman–Crippen LogP) is 4.08. The van der Waals surface area contributed by atoms with E-state index in [0.717, 1.165) is 48.6 Å². The van der Waals surface area contributed by atoms with E-state index < -0.39 is 23.0 Å². The summed E-state index contributed by atoms with van der Waals surface area (Å²) in [7, 11) is 1.81. The minimum Gasteiger partial charge on any atom is -0.302 e. The van der Waals surface area contributed by atoms with E-state index in [9.17, 15) is 22.8 Å². The summed E-state index contributed by atoms with van der Waals surface area (Å²) in [5, 5.41) is 4.37. The van der Waals surface area contributed by atoms with Gasteiger partial charge in [-0.1, -0.05) is 12.1 Å². The van der Waals surface area contributed by atoms with Gasteiger partial charge in [0.05, 0.1) is 16.8 Å². The van der Waals surface area contributed by atoms with Gasteiger partial charge in [0, 0.05) is 49.6 Å². The minimum atomic E-state index is -4.32. The lowest BCUT2D eigenvalue weighted by molar-refractivity contribution is -0.137. The van der Waals surface area contributed by atoms with Gasteiger partial charge in [-0.3, -0.25) is 19.0 Å². The zero-order valence-electron chi connectivity index (χ0n) is 20.8. The van der Waals surface area contributed by atoms with Crippen molar-refractivity contribution in [1.29, 1.82) is 0 Å². The van der Waals surface area contributed by atoms with Gasteiger partial charge in [-0.25, -0.2) is 4.79 Å². The van der Waals surface area contributed by atoms with Gasteiger partial charge in [-0.2, -0.15) is 18.3 Å². The van der Waals surface area contributed by atoms with E-state index in [1.165, 1.54) is 16.7 Å². The van der Waals surface area contributed by atoms with Gasteiger partial charge < -0.3 is 4.90 Å². The quantitative estimate of drug-likeness (QED) is 0.493. The van der Waals surface area contributed by atoms with E-state index in [2.05, 4.69) is 15.0 Å². The summed E-state index contributed by atoms with van der Waals surface area (Å²) >= 11 is 0. The predicted molar refractivity (Wildman–Crippen MR) is 140 cm³/mol. The Morgan fingerprint density at radius 2 is 1.78 bits per heavy atom. The molecule has 1 N–H and O–H groups in total. The number of hydrogen-bond donors (Lipinski definition) is 1. The first-order valence-corrected chi connectivity index (χ1v) is 11.7. The molecule has 0 unspecified atom stereocenters. The number of aryl methyl sites for hydroxylation is 3. The molecule has 37 heavy (non-hydrogen) atoms. The molecule has 2 atom stereocenters. The summed E-state index contributed by atoms with van der Waals surface area (Å²) in [4.78, 5) is 29.7. The molecule has 1 aromatic carbocycles. The Labute approximate surface area is 224 Å². The highest BCUT2D eigenvalue weighted by Crippen LogP contribution is 2.59. The van der Waals surface area contributed by atoms with Crippen molar-refractivity contribution in [3.05, 3.63) is 73.8 Å². The van der Waals surface area contributed by atoms with E-state index in [1.54, 1.807) is 23.0 Å². The van der Waals surface area contributed by atoms with Crippen LogP contribution in [0.15, 0.2) is 40.1 Å². The Kier molecular flexibility index (Phi) is 8.08. The molecule has 2 aromatic heterocycles. The van der Waals surface area contributed by atoms with Crippen LogP contribution in [0.4, 0.5) is 13.2 Å². The van der Waals surface area contributed by atoms with E-state index in [-0.39, 0.29) is 30.2 Å². The first-order chi connectivity index (χ1) is 16.5. The molecular formula is C25H30Cl2F3N5O2. The normalized spacial score (nSPS) is 20.8. The largest absolute Gasteiger partial charge is 0.416 e. The molecule has 12 heteroatoms. The van der Waals surface area contributed by atoms with E-state index >= 15 is 0 Å². The van der Waals surface area contributed by atoms with Crippen LogP contribution in [0.3, 0.4) is 0 Å². The van der Waals surface area contributed by atoms with Crippen molar-refractivity contribution in [2.45, 2.75) is 44.8 Å². The molecular weight excluding hydrogens is 530 g/mol. The van der Waals surface area contributed by atoms with E-state index in [1.807, 2.05) is 20.9 Å². The molecule has 2 fully saturated rings. The van der Waals surface area contributed by atoms with Crippen LogP contribution in [-0.4, -0.2) is 43.9 Å². The summed E-state index contributed by atoms with van der Waals surface area (Å²) in [6.45, 7) is 6.65. The highest BCUT2D eigenvalue weighted by atomic mass is 35.5. The number of halogens is 5. The molecule has 3 aromatic rings. The maximum absolute atomic E-state index is 12.9. The Morgan fingerprint density at radius 3 is 2.38 bits per heavy atom. The monoisotopic (exact) mass is 559 g/mol. The van der Waals surface area contributed by atoms with Crippen molar-refractivity contribution in [2.24, 2.45) is 13.0 Å². The van der Waals surface area contributed by atoms with Crippen LogP contribution in [0, 0.1) is 19.8 Å². The lowest BCUT2D eigenvalue weighted by atomic mass is 9.94. The average molecular weight is 560 g/mol. The van der Waals surface area contributed by atoms with Crippen molar-refractivity contribution in [3.8, 4) is 11.1 Å². The van der Waals surface area contributed by atoms with Crippen LogP contribution >= 0.6 is 24.8 Å². The fourth-order valence-corrected chi connectivity index (χ4v) is 5.68. The second kappa shape index (κ2) is 10.3. The van der Waals surface area contributed by atoms with Crippen LogP contribution in [-0.2, 0) is 25.2 Å². The van der Waals surface area contributed by atoms with Gasteiger partial charge in [0.2, 0.25) is 0 Å². The molecule has 2 aliphatic rings. The zero-order valence-corrected chi connectivity index (χ0v) is 22.4. The average Bonchev–Trinajstić information content (AvgIpc) is 3.26. The van der Waals surface area contributed by atoms with Crippen LogP contribution in [0.1, 0.15) is 35.4 Å². The zero-order chi connectivity index (χ0) is 25.1. The Morgan fingerprint density at radius 1 is 1.11 bits per heavy atom. The fraction of sp³-hybridized carbons (Fsp3) is 0.480. The first-order valence-electron chi connectivity index (χ1n) is 11.7. The van der Waals surface area contributed by atoms with Crippen LogP contribution in [0.5, 0.6) is 0 Å². The lowest BCUT2D eigenvalue weighted by Crippen LogP contribution is -2.32. The minimum absolute atomic E-state index is 0. The Hall–Kier alpha value is -2.56. The Bertz CT molecular complexity index is 1400. The van der Waals surface area contributed by atoms with Gasteiger partial charge in [-0.05, 0) is 56.8 Å². The lowest BCUT2D eigenvalue weighted by Gasteiger charge is -2.21. The number of nitrogens with zero attached hydrogens (tertiary/aromatic N) is 4. The highest BCUT2D eigenvalue weighted by Gasteiger charge is 2.60. The number of benzene rings is 1. The summed E-state index contributed by atoms with van der Waals surface area (Å²) in [6, 6.07) is 5.59. The number of piperidine rings is 1. The van der Waals surface area contributed by atoms with Crippen molar-refractivity contribution in [2.75, 3.05) is 19.6 Å². The smallest absolute Gasteiger partial charge is 0.302 e. The number of hydrogen-bond acceptors (Lipinski definition) is 4. The number of alkyl halides is 3. The van der Waals surface area contributed by atoms with E-state index in [0.29, 0.717) is 24.4 Å². The molecule has 3 heterocycles. The first kappa shape index (κ1) is 29.0. The second-order valence-electron chi connectivity index (χ2n) is 9.89. The SMILES string of the molecule is Cc1nn(C)c(C)c1-c1cn(CCCN2C[C@@H]3C[C@]3(c3ccc(C(F)(F)F)cc3)C2)c(=O)[nH]c1=O.Cl.Cl. The number of aromatic amines is 1. The Balaban J connectivity index is 0.00000190. The van der Waals surface area contributed by atoms with Gasteiger partial charge >= 0.3 is 11.9 Å². The number of likely N-dealkylation sites (tertiary alicyclic amines) is 1. The van der Waals surface area contributed by atoms with Crippen LogP contribution in [0.25, 0.3) is 11.1 Å². The molecule has 0 bridgehead atoms. The molecule has 0 amide bonds. The van der Waals surface area contributed by atoms with Gasteiger partial charge in [0.1, 0.15) is 0 Å². The molecule has 1 aliphatic carbocycles. The number of H-pyrrole nitrogens is 1. The summed E-state index contributed by atoms with van der Waals surface area (Å²) < 4.78 is 41.9. The van der Waals surface area contributed by atoms with Crippen LogP contribution in [0.2, 0.25) is 0 Å². The number of fused-ring (bicyclic) bond motifs is 1. The molecule has 0 radical (unpaired) electrons. The standard InChI is InChI=1S/C25H28F3N5O2.2ClH/c1-15-21(16(2)31(3)30-15)20-13-33(23(35)29-22(20)34)10-4-9-32-12-19-11-24(19,14-32)17-5-7-18(8-6-17)25(26,27)28;;/h5-8,13,19H,4,9-12,14H2,1-3H3,(H,29,34,35);2*1H/t19-,24+;;/m0../s1. The third kappa shape index (κ3) is 5.24. The maximum atomic E-state index is 12.9. The molecule has 202 valence electrons. The van der Waals surface area contributed by atoms with Crippen molar-refractivity contribution >= 4 is 24.8 Å². The van der Waals surface area contributed by atoms with Gasteiger partial charge in [0.15, 0.2) is 0 Å². The summed E-state index contributed by atoms with van der Waals surface area (Å²) in [6.07, 6.45) is -0.994. The number of aromatic nitrogens is 4. The molecule has 7 nitrogen and oxygen atoms in total. The van der Waals surface area contributed by atoms with E-state index in [4.69, 9.17) is 0 Å².